The van der Waals surface area contributed by atoms with Gasteiger partial charge in [-0.05, 0) is 60.7 Å². The molecule has 1 N–H and O–H groups in total. The van der Waals surface area contributed by atoms with Gasteiger partial charge in [0.15, 0.2) is 0 Å². The van der Waals surface area contributed by atoms with Crippen molar-refractivity contribution >= 4 is 34.8 Å². The van der Waals surface area contributed by atoms with Crippen LogP contribution in [0.5, 0.6) is 0 Å². The average Bonchev–Trinajstić information content (AvgIpc) is 3.27. The first-order valence-corrected chi connectivity index (χ1v) is 10.6. The minimum Gasteiger partial charge on any atom is -0.373 e. The van der Waals surface area contributed by atoms with Crippen molar-refractivity contribution in [3.8, 4) is 0 Å². The van der Waals surface area contributed by atoms with Gasteiger partial charge in [0, 0.05) is 24.8 Å². The van der Waals surface area contributed by atoms with E-state index in [0.29, 0.717) is 12.2 Å². The maximum absolute atomic E-state index is 12.9. The van der Waals surface area contributed by atoms with E-state index in [4.69, 9.17) is 0 Å². The summed E-state index contributed by atoms with van der Waals surface area (Å²) >= 11 is 0. The molecule has 2 aliphatic rings. The van der Waals surface area contributed by atoms with Gasteiger partial charge in [0.2, 0.25) is 11.8 Å². The van der Waals surface area contributed by atoms with Crippen LogP contribution in [0.25, 0.3) is 0 Å². The van der Waals surface area contributed by atoms with Crippen molar-refractivity contribution in [2.24, 2.45) is 0 Å². The number of carbonyl (C=O) groups is 3. The van der Waals surface area contributed by atoms with E-state index in [1.54, 1.807) is 11.8 Å². The second kappa shape index (κ2) is 8.30. The molecule has 2 aromatic rings. The SMILES string of the molecule is CCCCc1ccc(N2C(=O)C[C@H](Nc3ccc4c(c3)CCN4C(C)=O)C2=O)cc1. The van der Waals surface area contributed by atoms with E-state index in [2.05, 4.69) is 12.2 Å². The van der Waals surface area contributed by atoms with Crippen LogP contribution in [-0.2, 0) is 27.2 Å². The summed E-state index contributed by atoms with van der Waals surface area (Å²) in [4.78, 5) is 40.3. The summed E-state index contributed by atoms with van der Waals surface area (Å²) < 4.78 is 0. The lowest BCUT2D eigenvalue weighted by molar-refractivity contribution is -0.121. The molecule has 3 amide bonds. The fourth-order valence-electron chi connectivity index (χ4n) is 4.23. The molecule has 156 valence electrons. The third kappa shape index (κ3) is 3.82. The summed E-state index contributed by atoms with van der Waals surface area (Å²) in [6, 6.07) is 12.9. The second-order valence-corrected chi connectivity index (χ2v) is 8.00. The Hall–Kier alpha value is -3.15. The van der Waals surface area contributed by atoms with Gasteiger partial charge in [-0.1, -0.05) is 25.5 Å². The summed E-state index contributed by atoms with van der Waals surface area (Å²) in [6.45, 7) is 4.40. The van der Waals surface area contributed by atoms with Crippen molar-refractivity contribution in [3.05, 3.63) is 53.6 Å². The van der Waals surface area contributed by atoms with Crippen molar-refractivity contribution in [2.45, 2.75) is 52.0 Å². The molecule has 1 atom stereocenters. The van der Waals surface area contributed by atoms with Crippen LogP contribution in [0, 0.1) is 0 Å². The van der Waals surface area contributed by atoms with E-state index < -0.39 is 6.04 Å². The highest BCUT2D eigenvalue weighted by molar-refractivity contribution is 6.23. The van der Waals surface area contributed by atoms with Crippen molar-refractivity contribution in [1.29, 1.82) is 0 Å². The zero-order chi connectivity index (χ0) is 21.3. The number of hydrogen-bond acceptors (Lipinski definition) is 4. The molecule has 0 aromatic heterocycles. The van der Waals surface area contributed by atoms with Gasteiger partial charge in [-0.25, -0.2) is 4.90 Å². The number of nitrogens with one attached hydrogen (secondary N) is 1. The maximum atomic E-state index is 12.9. The molecule has 6 heteroatoms. The number of nitrogens with zero attached hydrogens (tertiary/aromatic N) is 2. The van der Waals surface area contributed by atoms with Crippen LogP contribution >= 0.6 is 0 Å². The van der Waals surface area contributed by atoms with Crippen LogP contribution in [0.2, 0.25) is 0 Å². The maximum Gasteiger partial charge on any atom is 0.256 e. The number of imide groups is 1. The predicted octanol–water partition coefficient (Wildman–Crippen LogP) is 3.68. The summed E-state index contributed by atoms with van der Waals surface area (Å²) in [5.74, 6) is -0.391. The molecule has 2 aromatic carbocycles. The van der Waals surface area contributed by atoms with Gasteiger partial charge in [-0.15, -0.1) is 0 Å². The number of hydrogen-bond donors (Lipinski definition) is 1. The smallest absolute Gasteiger partial charge is 0.256 e. The Bertz CT molecular complexity index is 984. The standard InChI is InChI=1S/C24H27N3O3/c1-3-4-5-17-6-9-20(10-7-17)27-23(29)15-21(24(27)30)25-19-8-11-22-18(14-19)12-13-26(22)16(2)28/h6-11,14,21,25H,3-5,12-13,15H2,1-2H3/t21-/m0/s1. The molecular weight excluding hydrogens is 378 g/mol. The first kappa shape index (κ1) is 20.1. The second-order valence-electron chi connectivity index (χ2n) is 8.00. The van der Waals surface area contributed by atoms with Crippen LogP contribution in [-0.4, -0.2) is 30.3 Å². The molecule has 4 rings (SSSR count). The quantitative estimate of drug-likeness (QED) is 0.745. The molecule has 1 fully saturated rings. The molecule has 1 saturated heterocycles. The highest BCUT2D eigenvalue weighted by Crippen LogP contribution is 2.32. The minimum atomic E-state index is -0.583. The lowest BCUT2D eigenvalue weighted by Crippen LogP contribution is -2.34. The Balaban J connectivity index is 1.46. The van der Waals surface area contributed by atoms with Gasteiger partial charge in [0.25, 0.3) is 5.91 Å². The number of anilines is 3. The number of rotatable bonds is 6. The molecule has 0 bridgehead atoms. The van der Waals surface area contributed by atoms with Gasteiger partial charge in [0.1, 0.15) is 6.04 Å². The average molecular weight is 405 g/mol. The third-order valence-corrected chi connectivity index (χ3v) is 5.86. The van der Waals surface area contributed by atoms with E-state index in [1.165, 1.54) is 10.5 Å². The lowest BCUT2D eigenvalue weighted by Gasteiger charge is -2.18. The molecule has 30 heavy (non-hydrogen) atoms. The van der Waals surface area contributed by atoms with E-state index in [9.17, 15) is 14.4 Å². The Morgan fingerprint density at radius 1 is 1.13 bits per heavy atom. The number of aryl methyl sites for hydroxylation is 1. The number of fused-ring (bicyclic) bond motifs is 1. The number of amides is 3. The van der Waals surface area contributed by atoms with Gasteiger partial charge in [-0.3, -0.25) is 14.4 Å². The van der Waals surface area contributed by atoms with Crippen molar-refractivity contribution in [1.82, 2.24) is 0 Å². The predicted molar refractivity (Wildman–Crippen MR) is 118 cm³/mol. The van der Waals surface area contributed by atoms with E-state index >= 15 is 0 Å². The first-order valence-electron chi connectivity index (χ1n) is 10.6. The molecule has 0 spiro atoms. The van der Waals surface area contributed by atoms with Crippen LogP contribution in [0.1, 0.15) is 44.2 Å². The normalized spacial score (nSPS) is 18.1. The fourth-order valence-corrected chi connectivity index (χ4v) is 4.23. The summed E-state index contributed by atoms with van der Waals surface area (Å²) in [6.07, 6.45) is 4.18. The van der Waals surface area contributed by atoms with E-state index in [-0.39, 0.29) is 24.1 Å². The Kier molecular flexibility index (Phi) is 5.57. The molecule has 0 radical (unpaired) electrons. The van der Waals surface area contributed by atoms with Crippen LogP contribution < -0.4 is 15.1 Å². The van der Waals surface area contributed by atoms with E-state index in [1.807, 2.05) is 42.5 Å². The van der Waals surface area contributed by atoms with Crippen molar-refractivity contribution < 1.29 is 14.4 Å². The lowest BCUT2D eigenvalue weighted by atomic mass is 10.1. The molecule has 0 aliphatic carbocycles. The Labute approximate surface area is 176 Å². The Morgan fingerprint density at radius 2 is 1.90 bits per heavy atom. The largest absolute Gasteiger partial charge is 0.373 e. The van der Waals surface area contributed by atoms with Crippen LogP contribution in [0.3, 0.4) is 0 Å². The number of benzene rings is 2. The van der Waals surface area contributed by atoms with Gasteiger partial charge < -0.3 is 10.2 Å². The molecule has 6 nitrogen and oxygen atoms in total. The van der Waals surface area contributed by atoms with E-state index in [0.717, 1.165) is 42.6 Å². The van der Waals surface area contributed by atoms with Crippen molar-refractivity contribution in [3.63, 3.8) is 0 Å². The monoisotopic (exact) mass is 405 g/mol. The zero-order valence-electron chi connectivity index (χ0n) is 17.5. The van der Waals surface area contributed by atoms with Gasteiger partial charge in [-0.2, -0.15) is 0 Å². The molecular formula is C24H27N3O3. The van der Waals surface area contributed by atoms with Gasteiger partial charge >= 0.3 is 0 Å². The topological polar surface area (TPSA) is 69.7 Å². The third-order valence-electron chi connectivity index (χ3n) is 5.86. The number of carbonyl (C=O) groups excluding carboxylic acids is 3. The molecule has 0 saturated carbocycles. The highest BCUT2D eigenvalue weighted by Gasteiger charge is 2.39. The summed E-state index contributed by atoms with van der Waals surface area (Å²) in [5, 5.41) is 3.22. The molecule has 0 unspecified atom stereocenters. The minimum absolute atomic E-state index is 0.0300. The fraction of sp³-hybridized carbons (Fsp3) is 0.375. The van der Waals surface area contributed by atoms with Gasteiger partial charge in [0.05, 0.1) is 12.1 Å². The Morgan fingerprint density at radius 3 is 2.60 bits per heavy atom. The summed E-state index contributed by atoms with van der Waals surface area (Å²) in [5.41, 5.74) is 4.63. The van der Waals surface area contributed by atoms with Crippen LogP contribution in [0.4, 0.5) is 17.1 Å². The van der Waals surface area contributed by atoms with Crippen molar-refractivity contribution in [2.75, 3.05) is 21.7 Å². The number of unbranched alkanes of at least 4 members (excludes halogenated alkanes) is 1. The molecule has 2 heterocycles. The summed E-state index contributed by atoms with van der Waals surface area (Å²) in [7, 11) is 0. The molecule has 2 aliphatic heterocycles. The zero-order valence-corrected chi connectivity index (χ0v) is 17.5. The highest BCUT2D eigenvalue weighted by atomic mass is 16.2. The first-order chi connectivity index (χ1) is 14.5. The van der Waals surface area contributed by atoms with Crippen LogP contribution in [0.15, 0.2) is 42.5 Å².